The lowest BCUT2D eigenvalue weighted by Crippen LogP contribution is -2.47. The van der Waals surface area contributed by atoms with E-state index in [1.54, 1.807) is 35.1 Å². The summed E-state index contributed by atoms with van der Waals surface area (Å²) < 4.78 is 15.3. The van der Waals surface area contributed by atoms with Crippen LogP contribution in [0.2, 0.25) is 0 Å². The Balaban J connectivity index is 1.55. The third-order valence-corrected chi connectivity index (χ3v) is 5.25. The number of halogens is 1. The lowest BCUT2D eigenvalue weighted by Gasteiger charge is -2.35. The third-order valence-electron chi connectivity index (χ3n) is 5.25. The van der Waals surface area contributed by atoms with Crippen molar-refractivity contribution >= 4 is 23.3 Å². The number of urea groups is 1. The molecule has 1 aromatic carbocycles. The Labute approximate surface area is 156 Å². The number of rotatable bonds is 2. The minimum absolute atomic E-state index is 0.0546. The minimum atomic E-state index is -0.303. The van der Waals surface area contributed by atoms with E-state index in [-0.39, 0.29) is 23.8 Å². The molecule has 1 aromatic heterocycles. The molecule has 0 unspecified atom stereocenters. The normalized spacial score (nSPS) is 19.4. The zero-order chi connectivity index (χ0) is 19.1. The van der Waals surface area contributed by atoms with Crippen LogP contribution < -0.4 is 10.2 Å². The Morgan fingerprint density at radius 1 is 1.37 bits per heavy atom. The number of hydrogen-bond acceptors (Lipinski definition) is 3. The maximum atomic E-state index is 13.4. The highest BCUT2D eigenvalue weighted by Crippen LogP contribution is 2.30. The second kappa shape index (κ2) is 6.68. The molecule has 3 heterocycles. The molecule has 1 atom stereocenters. The Kier molecular flexibility index (Phi) is 4.33. The molecule has 1 N–H and O–H groups in total. The van der Waals surface area contributed by atoms with Crippen LogP contribution in [0, 0.1) is 12.7 Å². The molecule has 1 fully saturated rings. The van der Waals surface area contributed by atoms with Crippen LogP contribution in [0.15, 0.2) is 24.4 Å². The van der Waals surface area contributed by atoms with Gasteiger partial charge in [0.15, 0.2) is 0 Å². The number of amides is 3. The number of hydrogen-bond donors (Lipinski definition) is 1. The van der Waals surface area contributed by atoms with Gasteiger partial charge in [-0.15, -0.1) is 0 Å². The molecule has 0 saturated carbocycles. The van der Waals surface area contributed by atoms with E-state index in [1.165, 1.54) is 6.07 Å². The van der Waals surface area contributed by atoms with E-state index in [2.05, 4.69) is 10.4 Å². The SMILES string of the molecule is Cc1cc(NC(=O)N2Cc3c(N4CCCC4=O)cnn3C[C@@H]2C)ccc1F. The van der Waals surface area contributed by atoms with E-state index >= 15 is 0 Å². The molecule has 2 aromatic rings. The number of fused-ring (bicyclic) bond motifs is 1. The summed E-state index contributed by atoms with van der Waals surface area (Å²) in [5.41, 5.74) is 2.70. The van der Waals surface area contributed by atoms with Gasteiger partial charge in [0.2, 0.25) is 5.91 Å². The van der Waals surface area contributed by atoms with Crippen molar-refractivity contribution in [2.75, 3.05) is 16.8 Å². The number of anilines is 2. The van der Waals surface area contributed by atoms with Gasteiger partial charge in [0, 0.05) is 18.7 Å². The molecule has 7 nitrogen and oxygen atoms in total. The first kappa shape index (κ1) is 17.5. The summed E-state index contributed by atoms with van der Waals surface area (Å²) >= 11 is 0. The smallest absolute Gasteiger partial charge is 0.314 e. The van der Waals surface area contributed by atoms with Crippen molar-refractivity contribution in [2.24, 2.45) is 0 Å². The summed E-state index contributed by atoms with van der Waals surface area (Å²) in [4.78, 5) is 28.4. The van der Waals surface area contributed by atoms with Gasteiger partial charge >= 0.3 is 6.03 Å². The van der Waals surface area contributed by atoms with E-state index < -0.39 is 0 Å². The van der Waals surface area contributed by atoms with Crippen molar-refractivity contribution in [1.82, 2.24) is 14.7 Å². The van der Waals surface area contributed by atoms with Crippen LogP contribution in [-0.4, -0.2) is 39.2 Å². The van der Waals surface area contributed by atoms with Gasteiger partial charge in [-0.2, -0.15) is 5.10 Å². The first-order chi connectivity index (χ1) is 12.9. The van der Waals surface area contributed by atoms with Crippen molar-refractivity contribution in [3.05, 3.63) is 41.5 Å². The van der Waals surface area contributed by atoms with Crippen molar-refractivity contribution in [3.63, 3.8) is 0 Å². The second-order valence-corrected chi connectivity index (χ2v) is 7.18. The van der Waals surface area contributed by atoms with Crippen LogP contribution >= 0.6 is 0 Å². The predicted octanol–water partition coefficient (Wildman–Crippen LogP) is 2.89. The number of benzene rings is 1. The molecule has 142 valence electrons. The summed E-state index contributed by atoms with van der Waals surface area (Å²) in [6, 6.07) is 4.20. The molecule has 2 aliphatic rings. The highest BCUT2D eigenvalue weighted by atomic mass is 19.1. The van der Waals surface area contributed by atoms with Gasteiger partial charge < -0.3 is 15.1 Å². The first-order valence-electron chi connectivity index (χ1n) is 9.13. The molecular formula is C19H22FN5O2. The molecule has 0 aliphatic carbocycles. The second-order valence-electron chi connectivity index (χ2n) is 7.18. The summed E-state index contributed by atoms with van der Waals surface area (Å²) in [6.45, 7) is 5.24. The fourth-order valence-electron chi connectivity index (χ4n) is 3.70. The van der Waals surface area contributed by atoms with Crippen LogP contribution in [0.1, 0.15) is 31.0 Å². The van der Waals surface area contributed by atoms with Gasteiger partial charge in [-0.25, -0.2) is 9.18 Å². The topological polar surface area (TPSA) is 70.5 Å². The Morgan fingerprint density at radius 3 is 2.89 bits per heavy atom. The monoisotopic (exact) mass is 371 g/mol. The Bertz CT molecular complexity index is 910. The van der Waals surface area contributed by atoms with Crippen molar-refractivity contribution in [2.45, 2.75) is 45.8 Å². The first-order valence-corrected chi connectivity index (χ1v) is 9.13. The molecule has 2 aliphatic heterocycles. The molecule has 8 heteroatoms. The van der Waals surface area contributed by atoms with Crippen LogP contribution in [0.3, 0.4) is 0 Å². The minimum Gasteiger partial charge on any atom is -0.314 e. The van der Waals surface area contributed by atoms with E-state index in [0.717, 1.165) is 17.8 Å². The summed E-state index contributed by atoms with van der Waals surface area (Å²) in [7, 11) is 0. The molecule has 1 saturated heterocycles. The molecule has 0 bridgehead atoms. The van der Waals surface area contributed by atoms with Gasteiger partial charge in [0.05, 0.1) is 36.7 Å². The van der Waals surface area contributed by atoms with Gasteiger partial charge in [-0.3, -0.25) is 9.48 Å². The van der Waals surface area contributed by atoms with Crippen molar-refractivity contribution < 1.29 is 14.0 Å². The van der Waals surface area contributed by atoms with E-state index in [0.29, 0.717) is 37.3 Å². The van der Waals surface area contributed by atoms with E-state index in [4.69, 9.17) is 0 Å². The molecule has 27 heavy (non-hydrogen) atoms. The van der Waals surface area contributed by atoms with Gasteiger partial charge in [0.1, 0.15) is 5.82 Å². The summed E-state index contributed by atoms with van der Waals surface area (Å²) in [5, 5.41) is 7.25. The predicted molar refractivity (Wildman–Crippen MR) is 99.0 cm³/mol. The van der Waals surface area contributed by atoms with Gasteiger partial charge in [-0.05, 0) is 44.0 Å². The van der Waals surface area contributed by atoms with E-state index in [9.17, 15) is 14.0 Å². The van der Waals surface area contributed by atoms with Crippen LogP contribution in [-0.2, 0) is 17.9 Å². The largest absolute Gasteiger partial charge is 0.322 e. The number of carbonyl (C=O) groups is 2. The third kappa shape index (κ3) is 3.15. The zero-order valence-electron chi connectivity index (χ0n) is 15.4. The van der Waals surface area contributed by atoms with Gasteiger partial charge in [0.25, 0.3) is 0 Å². The maximum Gasteiger partial charge on any atom is 0.322 e. The Morgan fingerprint density at radius 2 is 2.19 bits per heavy atom. The fraction of sp³-hybridized carbons (Fsp3) is 0.421. The van der Waals surface area contributed by atoms with Crippen LogP contribution in [0.4, 0.5) is 20.6 Å². The highest BCUT2D eigenvalue weighted by molar-refractivity contribution is 5.96. The van der Waals surface area contributed by atoms with Gasteiger partial charge in [-0.1, -0.05) is 0 Å². The number of aromatic nitrogens is 2. The average molecular weight is 371 g/mol. The summed E-state index contributed by atoms with van der Waals surface area (Å²) in [5.74, 6) is -0.203. The van der Waals surface area contributed by atoms with Crippen molar-refractivity contribution in [3.8, 4) is 0 Å². The van der Waals surface area contributed by atoms with Crippen molar-refractivity contribution in [1.29, 1.82) is 0 Å². The van der Waals surface area contributed by atoms with Crippen LogP contribution in [0.25, 0.3) is 0 Å². The molecule has 4 rings (SSSR count). The number of aryl methyl sites for hydroxylation is 1. The molecule has 0 radical (unpaired) electrons. The lowest BCUT2D eigenvalue weighted by atomic mass is 10.2. The number of carbonyl (C=O) groups excluding carboxylic acids is 2. The maximum absolute atomic E-state index is 13.4. The quantitative estimate of drug-likeness (QED) is 0.882. The molecule has 0 spiro atoms. The fourth-order valence-corrected chi connectivity index (χ4v) is 3.70. The molecular weight excluding hydrogens is 349 g/mol. The van der Waals surface area contributed by atoms with E-state index in [1.807, 2.05) is 11.6 Å². The highest BCUT2D eigenvalue weighted by Gasteiger charge is 2.33. The zero-order valence-corrected chi connectivity index (χ0v) is 15.4. The number of nitrogens with zero attached hydrogens (tertiary/aromatic N) is 4. The number of nitrogens with one attached hydrogen (secondary N) is 1. The lowest BCUT2D eigenvalue weighted by molar-refractivity contribution is -0.117. The Hall–Kier alpha value is -2.90. The molecule has 3 amide bonds. The van der Waals surface area contributed by atoms with Crippen LogP contribution in [0.5, 0.6) is 0 Å². The average Bonchev–Trinajstić information content (AvgIpc) is 3.22. The summed E-state index contributed by atoms with van der Waals surface area (Å²) in [6.07, 6.45) is 3.11. The standard InChI is InChI=1S/C19H22FN5O2/c1-12-8-14(5-6-15(12)20)22-19(27)24-11-17-16(23-7-3-4-18(23)26)9-21-25(17)10-13(24)2/h5-6,8-9,13H,3-4,7,10-11H2,1-2H3,(H,22,27)/t13-/m0/s1.